The molecule has 0 spiro atoms. The Balaban J connectivity index is 1.59. The molecule has 0 aliphatic carbocycles. The van der Waals surface area contributed by atoms with E-state index in [0.717, 1.165) is 0 Å². The van der Waals surface area contributed by atoms with E-state index in [1.54, 1.807) is 45.6 Å². The monoisotopic (exact) mass is 467 g/mol. The van der Waals surface area contributed by atoms with Crippen molar-refractivity contribution in [1.29, 1.82) is 0 Å². The molecule has 1 aliphatic rings. The summed E-state index contributed by atoms with van der Waals surface area (Å²) in [5, 5.41) is -0.559. The van der Waals surface area contributed by atoms with Crippen LogP contribution in [-0.4, -0.2) is 60.6 Å². The average Bonchev–Trinajstić information content (AvgIpc) is 2.84. The number of nitrogens with two attached hydrogens (primary N) is 1. The normalized spacial score (nSPS) is 15.3. The Kier molecular flexibility index (Phi) is 6.57. The van der Waals surface area contributed by atoms with Gasteiger partial charge in [0.05, 0.1) is 18.1 Å². The number of amides is 1. The molecule has 0 saturated carbocycles. The minimum Gasteiger partial charge on any atom is -0.382 e. The lowest BCUT2D eigenvalue weighted by Gasteiger charge is -2.32. The van der Waals surface area contributed by atoms with Gasteiger partial charge in [0.15, 0.2) is 11.0 Å². The first-order chi connectivity index (χ1) is 15.8. The number of carbonyl (C=O) groups is 2. The highest BCUT2D eigenvalue weighted by atomic mass is 32.2. The molecule has 1 aliphatic heterocycles. The number of nitrogens with zero attached hydrogens (tertiary/aromatic N) is 4. The minimum absolute atomic E-state index is 0.0486. The largest absolute Gasteiger partial charge is 0.382 e. The Morgan fingerprint density at radius 2 is 1.73 bits per heavy atom. The van der Waals surface area contributed by atoms with Crippen LogP contribution in [0.1, 0.15) is 17.3 Å². The molecule has 10 heteroatoms. The summed E-state index contributed by atoms with van der Waals surface area (Å²) in [7, 11) is -1.92. The molecule has 1 saturated heterocycles. The third-order valence-corrected chi connectivity index (χ3v) is 6.82. The molecular weight excluding hydrogens is 445 g/mol. The molecule has 1 amide bonds. The number of nitrogen functional groups attached to an aromatic ring is 1. The second-order valence-corrected chi connectivity index (χ2v) is 8.92. The van der Waals surface area contributed by atoms with Crippen LogP contribution in [0.25, 0.3) is 22.4 Å². The maximum absolute atomic E-state index is 14.9. The molecule has 1 aromatic heterocycles. The van der Waals surface area contributed by atoms with Crippen LogP contribution in [0.4, 0.5) is 10.2 Å². The lowest BCUT2D eigenvalue weighted by atomic mass is 9.98. The van der Waals surface area contributed by atoms with Crippen LogP contribution in [0, 0.1) is 5.82 Å². The van der Waals surface area contributed by atoms with Gasteiger partial charge in [0.25, 0.3) is 5.12 Å². The fourth-order valence-corrected chi connectivity index (χ4v) is 4.76. The summed E-state index contributed by atoms with van der Waals surface area (Å²) < 4.78 is 29.5. The Morgan fingerprint density at radius 3 is 2.36 bits per heavy atom. The molecule has 33 heavy (non-hydrogen) atoms. The zero-order chi connectivity index (χ0) is 23.5. The van der Waals surface area contributed by atoms with Crippen molar-refractivity contribution in [3.63, 3.8) is 0 Å². The van der Waals surface area contributed by atoms with Gasteiger partial charge in [0, 0.05) is 44.2 Å². The molecule has 1 atom stereocenters. The second-order valence-electron chi connectivity index (χ2n) is 7.54. The highest BCUT2D eigenvalue weighted by Crippen LogP contribution is 2.30. The van der Waals surface area contributed by atoms with E-state index in [2.05, 4.69) is 9.97 Å². The average molecular weight is 468 g/mol. The Morgan fingerprint density at radius 1 is 1.00 bits per heavy atom. The molecule has 0 bridgehead atoms. The first kappa shape index (κ1) is 22.7. The first-order valence-electron chi connectivity index (χ1n) is 10.3. The fourth-order valence-electron chi connectivity index (χ4n) is 3.66. The van der Waals surface area contributed by atoms with E-state index >= 15 is 0 Å². The van der Waals surface area contributed by atoms with Crippen molar-refractivity contribution in [2.24, 2.45) is 0 Å². The smallest absolute Gasteiger partial charge is 0.265 e. The zero-order valence-corrected chi connectivity index (χ0v) is 18.7. The number of aromatic nitrogens is 2. The molecule has 170 valence electrons. The summed E-state index contributed by atoms with van der Waals surface area (Å²) in [6.07, 6.45) is 2.74. The maximum Gasteiger partial charge on any atom is 0.265 e. The van der Waals surface area contributed by atoms with Crippen molar-refractivity contribution in [3.05, 3.63) is 66.2 Å². The second kappa shape index (κ2) is 9.55. The number of hydrogen-bond donors (Lipinski definition) is 1. The highest BCUT2D eigenvalue weighted by molar-refractivity contribution is 7.98. The van der Waals surface area contributed by atoms with Gasteiger partial charge in [-0.1, -0.05) is 24.3 Å². The molecule has 2 heterocycles. The van der Waals surface area contributed by atoms with Gasteiger partial charge >= 0.3 is 0 Å². The topological polar surface area (TPSA) is 109 Å². The van der Waals surface area contributed by atoms with Crippen molar-refractivity contribution in [2.75, 3.05) is 31.9 Å². The third-order valence-electron chi connectivity index (χ3n) is 5.45. The molecule has 2 N–H and O–H groups in total. The van der Waals surface area contributed by atoms with E-state index in [9.17, 15) is 18.2 Å². The van der Waals surface area contributed by atoms with Crippen molar-refractivity contribution in [1.82, 2.24) is 19.2 Å². The fraction of sp³-hybridized carbons (Fsp3) is 0.217. The number of benzene rings is 2. The Hall–Kier alpha value is -3.50. The molecule has 0 radical (unpaired) electrons. The van der Waals surface area contributed by atoms with Gasteiger partial charge < -0.3 is 10.6 Å². The molecule has 4 rings (SSSR count). The van der Waals surface area contributed by atoms with Gasteiger partial charge in [-0.3, -0.25) is 14.6 Å². The van der Waals surface area contributed by atoms with Gasteiger partial charge in [0.1, 0.15) is 11.6 Å². The molecule has 8 nitrogen and oxygen atoms in total. The van der Waals surface area contributed by atoms with Crippen LogP contribution < -0.4 is 5.73 Å². The van der Waals surface area contributed by atoms with Crippen LogP contribution in [0.2, 0.25) is 0 Å². The van der Waals surface area contributed by atoms with Gasteiger partial charge in [-0.15, -0.1) is 0 Å². The minimum atomic E-state index is -1.92. The number of rotatable bonds is 4. The lowest BCUT2D eigenvalue weighted by molar-refractivity contribution is -0.129. The lowest BCUT2D eigenvalue weighted by Crippen LogP contribution is -2.49. The first-order valence-corrected chi connectivity index (χ1v) is 11.4. The standard InChI is InChI=1S/C23H22FN5O3S/c1-15(30)28-8-10-29(11-9-28)33(32)23(31)18-5-3-2-4-17(18)16-6-7-19(20(24)12-16)21-13-27-22(25)14-26-21/h2-7,12-14H,8-11H2,1H3,(H2,25,27). The predicted molar refractivity (Wildman–Crippen MR) is 124 cm³/mol. The summed E-state index contributed by atoms with van der Waals surface area (Å²) >= 11 is 0. The van der Waals surface area contributed by atoms with Crippen molar-refractivity contribution in [2.45, 2.75) is 6.92 Å². The summed E-state index contributed by atoms with van der Waals surface area (Å²) in [5.74, 6) is -0.346. The molecule has 2 aromatic carbocycles. The van der Waals surface area contributed by atoms with Gasteiger partial charge in [-0.25, -0.2) is 17.9 Å². The van der Waals surface area contributed by atoms with E-state index in [1.807, 2.05) is 0 Å². The zero-order valence-electron chi connectivity index (χ0n) is 17.9. The van der Waals surface area contributed by atoms with E-state index < -0.39 is 21.9 Å². The quantitative estimate of drug-likeness (QED) is 0.631. The maximum atomic E-state index is 14.9. The van der Waals surface area contributed by atoms with E-state index in [0.29, 0.717) is 43.0 Å². The Bertz CT molecular complexity index is 1230. The van der Waals surface area contributed by atoms with Crippen molar-refractivity contribution >= 4 is 27.8 Å². The van der Waals surface area contributed by atoms with Crippen LogP contribution in [0.3, 0.4) is 0 Å². The molecule has 1 unspecified atom stereocenters. The predicted octanol–water partition coefficient (Wildman–Crippen LogP) is 2.50. The van der Waals surface area contributed by atoms with Gasteiger partial charge in [0.2, 0.25) is 5.91 Å². The molecule has 3 aromatic rings. The van der Waals surface area contributed by atoms with Crippen LogP contribution in [0.15, 0.2) is 54.9 Å². The number of carbonyl (C=O) groups excluding carboxylic acids is 2. The number of piperazine rings is 1. The van der Waals surface area contributed by atoms with E-state index in [-0.39, 0.29) is 22.9 Å². The third kappa shape index (κ3) is 4.81. The van der Waals surface area contributed by atoms with Crippen molar-refractivity contribution < 1.29 is 18.2 Å². The summed E-state index contributed by atoms with van der Waals surface area (Å²) in [5.41, 5.74) is 7.32. The van der Waals surface area contributed by atoms with Crippen LogP contribution >= 0.6 is 0 Å². The number of hydrogen-bond acceptors (Lipinski definition) is 6. The summed E-state index contributed by atoms with van der Waals surface area (Å²) in [6.45, 7) is 2.99. The van der Waals surface area contributed by atoms with Crippen LogP contribution in [-0.2, 0) is 15.8 Å². The highest BCUT2D eigenvalue weighted by Gasteiger charge is 2.28. The van der Waals surface area contributed by atoms with Gasteiger partial charge in [-0.05, 0) is 29.3 Å². The molecular formula is C23H22FN5O3S. The van der Waals surface area contributed by atoms with Crippen LogP contribution in [0.5, 0.6) is 0 Å². The SMILES string of the molecule is CC(=O)N1CCN(S(=O)C(=O)c2ccccc2-c2ccc(-c3cnc(N)cn3)c(F)c2)CC1. The summed E-state index contributed by atoms with van der Waals surface area (Å²) in [6, 6.07) is 11.2. The number of anilines is 1. The van der Waals surface area contributed by atoms with E-state index in [4.69, 9.17) is 5.73 Å². The van der Waals surface area contributed by atoms with Gasteiger partial charge in [-0.2, -0.15) is 0 Å². The molecule has 1 fully saturated rings. The Labute approximate surface area is 192 Å². The number of halogens is 1. The van der Waals surface area contributed by atoms with E-state index in [1.165, 1.54) is 25.4 Å². The summed E-state index contributed by atoms with van der Waals surface area (Å²) in [4.78, 5) is 34.3. The van der Waals surface area contributed by atoms with Crippen molar-refractivity contribution in [3.8, 4) is 22.4 Å².